The van der Waals surface area contributed by atoms with Crippen LogP contribution in [0, 0.1) is 0 Å². The Morgan fingerprint density at radius 1 is 1.17 bits per heavy atom. The molecule has 0 heterocycles. The first-order valence-corrected chi connectivity index (χ1v) is 6.71. The van der Waals surface area contributed by atoms with Crippen LogP contribution in [0.5, 0.6) is 5.75 Å². The van der Waals surface area contributed by atoms with E-state index in [1.807, 2.05) is 6.07 Å². The molecule has 0 saturated heterocycles. The summed E-state index contributed by atoms with van der Waals surface area (Å²) in [5, 5.41) is 16.2. The molecule has 23 heavy (non-hydrogen) atoms. The molecule has 0 spiro atoms. The van der Waals surface area contributed by atoms with Crippen LogP contribution in [0.25, 0.3) is 0 Å². The number of carbonyl (C=O) groups is 1. The van der Waals surface area contributed by atoms with Crippen molar-refractivity contribution >= 4 is 18.1 Å². The molecule has 0 aromatic heterocycles. The van der Waals surface area contributed by atoms with Crippen LogP contribution in [0.2, 0.25) is 0 Å². The summed E-state index contributed by atoms with van der Waals surface area (Å²) in [6.07, 6.45) is 1.51. The van der Waals surface area contributed by atoms with Gasteiger partial charge in [-0.2, -0.15) is 5.10 Å². The van der Waals surface area contributed by atoms with Gasteiger partial charge < -0.3 is 21.3 Å². The Kier molecular flexibility index (Phi) is 5.30. The molecule has 2 aromatic rings. The van der Waals surface area contributed by atoms with Crippen molar-refractivity contribution in [1.29, 1.82) is 0 Å². The number of nitrogens with two attached hydrogens (primary N) is 2. The lowest BCUT2D eigenvalue weighted by molar-refractivity contribution is 0.0696. The van der Waals surface area contributed by atoms with Crippen molar-refractivity contribution in [3.63, 3.8) is 0 Å². The van der Waals surface area contributed by atoms with E-state index in [9.17, 15) is 4.79 Å². The van der Waals surface area contributed by atoms with Crippen LogP contribution in [-0.2, 0) is 6.61 Å². The lowest BCUT2D eigenvalue weighted by Gasteiger charge is -2.07. The molecule has 0 bridgehead atoms. The van der Waals surface area contributed by atoms with Gasteiger partial charge in [0.1, 0.15) is 12.4 Å². The van der Waals surface area contributed by atoms with Crippen LogP contribution in [0.1, 0.15) is 21.5 Å². The normalized spacial score (nSPS) is 10.4. The number of carboxylic acid groups (broad SMARTS) is 1. The molecule has 118 valence electrons. The van der Waals surface area contributed by atoms with Crippen molar-refractivity contribution in [2.24, 2.45) is 21.7 Å². The second-order valence-electron chi connectivity index (χ2n) is 4.63. The number of aromatic carboxylic acids is 1. The minimum Gasteiger partial charge on any atom is -0.489 e. The quantitative estimate of drug-likeness (QED) is 0.424. The van der Waals surface area contributed by atoms with Crippen molar-refractivity contribution in [1.82, 2.24) is 0 Å². The largest absolute Gasteiger partial charge is 0.489 e. The van der Waals surface area contributed by atoms with Gasteiger partial charge in [-0.15, -0.1) is 5.10 Å². The van der Waals surface area contributed by atoms with Gasteiger partial charge in [-0.3, -0.25) is 0 Å². The molecular weight excluding hydrogens is 296 g/mol. The monoisotopic (exact) mass is 312 g/mol. The first-order chi connectivity index (χ1) is 11.0. The van der Waals surface area contributed by atoms with Gasteiger partial charge in [0.15, 0.2) is 0 Å². The van der Waals surface area contributed by atoms with Crippen molar-refractivity contribution < 1.29 is 14.6 Å². The summed E-state index contributed by atoms with van der Waals surface area (Å²) in [6.45, 7) is 0.280. The van der Waals surface area contributed by atoms with Crippen LogP contribution >= 0.6 is 0 Å². The van der Waals surface area contributed by atoms with Crippen molar-refractivity contribution in [3.8, 4) is 5.75 Å². The molecule has 0 aliphatic rings. The third-order valence-corrected chi connectivity index (χ3v) is 2.84. The van der Waals surface area contributed by atoms with Gasteiger partial charge in [-0.25, -0.2) is 4.79 Å². The highest BCUT2D eigenvalue weighted by molar-refractivity contribution is 5.87. The van der Waals surface area contributed by atoms with E-state index in [1.165, 1.54) is 12.3 Å². The van der Waals surface area contributed by atoms with Crippen LogP contribution in [0.15, 0.2) is 58.7 Å². The molecule has 0 unspecified atom stereocenters. The fourth-order valence-electron chi connectivity index (χ4n) is 1.77. The molecule has 0 amide bonds. The minimum absolute atomic E-state index is 0.107. The fourth-order valence-corrected chi connectivity index (χ4v) is 1.77. The Balaban J connectivity index is 1.96. The first-order valence-electron chi connectivity index (χ1n) is 6.71. The van der Waals surface area contributed by atoms with Gasteiger partial charge in [-0.1, -0.05) is 12.1 Å². The summed E-state index contributed by atoms with van der Waals surface area (Å²) in [4.78, 5) is 10.9. The van der Waals surface area contributed by atoms with E-state index in [2.05, 4.69) is 10.2 Å². The Morgan fingerprint density at radius 2 is 1.91 bits per heavy atom. The second kappa shape index (κ2) is 7.60. The van der Waals surface area contributed by atoms with Gasteiger partial charge in [0, 0.05) is 0 Å². The fraction of sp³-hybridized carbons (Fsp3) is 0.0625. The standard InChI is InChI=1S/C16H16N4O3/c17-16(18)20-19-9-11-4-6-14(7-5-11)23-10-12-2-1-3-13(8-12)15(21)22/h1-9H,10H2,(H,21,22)(H4,17,18,20). The van der Waals surface area contributed by atoms with Gasteiger partial charge in [0.2, 0.25) is 5.96 Å². The topological polar surface area (TPSA) is 123 Å². The zero-order chi connectivity index (χ0) is 16.7. The molecule has 0 aliphatic carbocycles. The second-order valence-corrected chi connectivity index (χ2v) is 4.63. The molecule has 0 saturated carbocycles. The van der Waals surface area contributed by atoms with E-state index in [1.54, 1.807) is 36.4 Å². The molecule has 2 rings (SSSR count). The Labute approximate surface area is 132 Å². The van der Waals surface area contributed by atoms with Gasteiger partial charge >= 0.3 is 5.97 Å². The molecule has 0 fully saturated rings. The summed E-state index contributed by atoms with van der Waals surface area (Å²) in [5.74, 6) is -0.411. The summed E-state index contributed by atoms with van der Waals surface area (Å²) in [7, 11) is 0. The lowest BCUT2D eigenvalue weighted by Crippen LogP contribution is -2.21. The molecule has 0 aliphatic heterocycles. The molecule has 2 aromatic carbocycles. The Morgan fingerprint density at radius 3 is 2.57 bits per heavy atom. The van der Waals surface area contributed by atoms with Gasteiger partial charge in [0.25, 0.3) is 0 Å². The van der Waals surface area contributed by atoms with Gasteiger partial charge in [0.05, 0.1) is 11.8 Å². The molecular formula is C16H16N4O3. The number of ether oxygens (including phenoxy) is 1. The summed E-state index contributed by atoms with van der Waals surface area (Å²) >= 11 is 0. The van der Waals surface area contributed by atoms with E-state index in [4.69, 9.17) is 21.3 Å². The predicted octanol–water partition coefficient (Wildman–Crippen LogP) is 1.57. The number of guanidine groups is 1. The van der Waals surface area contributed by atoms with E-state index in [-0.39, 0.29) is 18.1 Å². The van der Waals surface area contributed by atoms with E-state index in [0.717, 1.165) is 11.1 Å². The van der Waals surface area contributed by atoms with Crippen LogP contribution in [0.4, 0.5) is 0 Å². The third kappa shape index (κ3) is 5.16. The Hall–Kier alpha value is -3.35. The highest BCUT2D eigenvalue weighted by Crippen LogP contribution is 2.14. The maximum Gasteiger partial charge on any atom is 0.335 e. The molecule has 0 atom stereocenters. The number of nitrogens with zero attached hydrogens (tertiary/aromatic N) is 2. The average molecular weight is 312 g/mol. The maximum absolute atomic E-state index is 10.9. The number of hydrogen-bond acceptors (Lipinski definition) is 4. The number of rotatable bonds is 6. The molecule has 0 radical (unpaired) electrons. The SMILES string of the molecule is NC(N)=NN=Cc1ccc(OCc2cccc(C(=O)O)c2)cc1. The smallest absolute Gasteiger partial charge is 0.335 e. The zero-order valence-electron chi connectivity index (χ0n) is 12.2. The van der Waals surface area contributed by atoms with E-state index >= 15 is 0 Å². The molecule has 7 heteroatoms. The molecule has 5 N–H and O–H groups in total. The summed E-state index contributed by atoms with van der Waals surface area (Å²) < 4.78 is 5.62. The van der Waals surface area contributed by atoms with Crippen molar-refractivity contribution in [2.75, 3.05) is 0 Å². The lowest BCUT2D eigenvalue weighted by atomic mass is 10.1. The summed E-state index contributed by atoms with van der Waals surface area (Å²) in [6, 6.07) is 13.8. The number of carboxylic acids is 1. The third-order valence-electron chi connectivity index (χ3n) is 2.84. The van der Waals surface area contributed by atoms with E-state index < -0.39 is 5.97 Å². The van der Waals surface area contributed by atoms with Gasteiger partial charge in [-0.05, 0) is 47.5 Å². The minimum atomic E-state index is -0.962. The van der Waals surface area contributed by atoms with Crippen molar-refractivity contribution in [2.45, 2.75) is 6.61 Å². The van der Waals surface area contributed by atoms with Crippen LogP contribution in [0.3, 0.4) is 0 Å². The highest BCUT2D eigenvalue weighted by atomic mass is 16.5. The average Bonchev–Trinajstić information content (AvgIpc) is 2.54. The van der Waals surface area contributed by atoms with Crippen LogP contribution < -0.4 is 16.2 Å². The maximum atomic E-state index is 10.9. The number of hydrogen-bond donors (Lipinski definition) is 3. The van der Waals surface area contributed by atoms with E-state index in [0.29, 0.717) is 5.75 Å². The first kappa shape index (κ1) is 16.0. The highest BCUT2D eigenvalue weighted by Gasteiger charge is 2.03. The predicted molar refractivity (Wildman–Crippen MR) is 87.6 cm³/mol. The van der Waals surface area contributed by atoms with Crippen molar-refractivity contribution in [3.05, 3.63) is 65.2 Å². The Bertz CT molecular complexity index is 735. The summed E-state index contributed by atoms with van der Waals surface area (Å²) in [5.41, 5.74) is 12.2. The number of benzene rings is 2. The van der Waals surface area contributed by atoms with Crippen LogP contribution in [-0.4, -0.2) is 23.2 Å². The molecule has 7 nitrogen and oxygen atoms in total. The zero-order valence-corrected chi connectivity index (χ0v) is 12.2.